The van der Waals surface area contributed by atoms with Crippen LogP contribution in [0.1, 0.15) is 96.0 Å². The van der Waals surface area contributed by atoms with Gasteiger partial charge < -0.3 is 74.1 Å². The molecule has 3 aliphatic carbocycles. The number of pyridine rings is 1. The van der Waals surface area contributed by atoms with Gasteiger partial charge in [0.2, 0.25) is 17.3 Å². The Morgan fingerprint density at radius 2 is 1.61 bits per heavy atom. The van der Waals surface area contributed by atoms with Crippen LogP contribution >= 0.6 is 21.6 Å². The van der Waals surface area contributed by atoms with Crippen molar-refractivity contribution in [2.24, 2.45) is 5.92 Å². The van der Waals surface area contributed by atoms with Crippen molar-refractivity contribution in [1.82, 2.24) is 30.9 Å². The van der Waals surface area contributed by atoms with Crippen LogP contribution in [0.4, 0.5) is 20.2 Å². The van der Waals surface area contributed by atoms with Gasteiger partial charge in [0.1, 0.15) is 39.7 Å². The molecular weight excluding hydrogens is 1130 g/mol. The number of Topliss-reactive ketones (excluding diaryl/α,β-unsaturated/α-hetero) is 1. The van der Waals surface area contributed by atoms with Gasteiger partial charge in [-0.1, -0.05) is 52.8 Å². The van der Waals surface area contributed by atoms with Crippen LogP contribution in [0.2, 0.25) is 0 Å². The molecule has 0 radical (unpaired) electrons. The van der Waals surface area contributed by atoms with E-state index in [-0.39, 0.29) is 59.7 Å². The molecule has 4 heterocycles. The highest BCUT2D eigenvalue weighted by molar-refractivity contribution is 8.76. The number of alkyl carbamates (subject to hydrolysis) is 2. The number of aliphatic hydroxyl groups excluding tert-OH is 1. The van der Waals surface area contributed by atoms with E-state index < -0.39 is 119 Å². The van der Waals surface area contributed by atoms with E-state index in [9.17, 15) is 49.2 Å². The summed E-state index contributed by atoms with van der Waals surface area (Å²) in [6.07, 6.45) is -5.13. The highest BCUT2D eigenvalue weighted by atomic mass is 33.1. The number of ether oxygens (including phenoxy) is 6. The van der Waals surface area contributed by atoms with Gasteiger partial charge >= 0.3 is 18.3 Å². The molecule has 0 spiro atoms. The van der Waals surface area contributed by atoms with Crippen LogP contribution in [0.5, 0.6) is 23.0 Å². The molecule has 6 aromatic rings. The number of nitrogens with one attached hydrogen (secondary N) is 3. The van der Waals surface area contributed by atoms with Crippen molar-refractivity contribution < 1.29 is 82.0 Å². The summed E-state index contributed by atoms with van der Waals surface area (Å²) < 4.78 is 39.9. The number of hydrogen-bond donors (Lipinski definition) is 7. The predicted octanol–water partition coefficient (Wildman–Crippen LogP) is 6.72. The molecule has 24 nitrogen and oxygen atoms in total. The number of methoxy groups -OCH3 is 1. The summed E-state index contributed by atoms with van der Waals surface area (Å²) in [7, 11) is 4.13. The van der Waals surface area contributed by atoms with Crippen LogP contribution in [-0.4, -0.2) is 165 Å². The largest absolute Gasteiger partial charge is 0.507 e. The van der Waals surface area contributed by atoms with E-state index in [0.717, 1.165) is 5.39 Å². The number of fused-ring (bicyclic) bond motifs is 6. The lowest BCUT2D eigenvalue weighted by Gasteiger charge is -2.43. The van der Waals surface area contributed by atoms with Gasteiger partial charge in [0.25, 0.3) is 0 Å². The van der Waals surface area contributed by atoms with E-state index in [1.54, 1.807) is 52.1 Å². The lowest BCUT2D eigenvalue weighted by atomic mass is 9.71. The molecule has 3 aromatic heterocycles. The number of aliphatic hydroxyl groups is 2. The van der Waals surface area contributed by atoms with Crippen LogP contribution < -0.4 is 30.3 Å². The van der Waals surface area contributed by atoms with E-state index in [1.165, 1.54) is 46.9 Å². The molecular formula is C58H63N7O17S2. The first-order valence-electron chi connectivity index (χ1n) is 27.3. The molecule has 3 aromatic carbocycles. The number of hydrogen-bond acceptors (Lipinski definition) is 23. The second-order valence-electron chi connectivity index (χ2n) is 21.8. The number of aromatic hydroxyl groups is 2. The maximum atomic E-state index is 14.2. The second-order valence-corrected chi connectivity index (χ2v) is 24.5. The smallest absolute Gasteiger partial charge is 0.412 e. The first kappa shape index (κ1) is 59.4. The van der Waals surface area contributed by atoms with Gasteiger partial charge in [-0.2, -0.15) is 0 Å². The summed E-state index contributed by atoms with van der Waals surface area (Å²) in [5.74, 6) is -2.38. The van der Waals surface area contributed by atoms with Crippen LogP contribution in [0.3, 0.4) is 0 Å². The quantitative estimate of drug-likeness (QED) is 0.0282. The zero-order chi connectivity index (χ0) is 59.6. The number of carbonyl (C=O) groups is 6. The summed E-state index contributed by atoms with van der Waals surface area (Å²) >= 11 is 0. The van der Waals surface area contributed by atoms with Crippen molar-refractivity contribution in [3.63, 3.8) is 0 Å². The number of nitrogens with zero attached hydrogens (tertiary/aromatic N) is 4. The van der Waals surface area contributed by atoms with Gasteiger partial charge in [0.15, 0.2) is 29.6 Å². The maximum absolute atomic E-state index is 14.2. The van der Waals surface area contributed by atoms with Gasteiger partial charge in [-0.25, -0.2) is 29.3 Å². The third-order valence-electron chi connectivity index (χ3n) is 14.8. The fourth-order valence-electron chi connectivity index (χ4n) is 10.9. The molecule has 84 heavy (non-hydrogen) atoms. The number of phenolic OH excluding ortho intramolecular Hbond substituents is 2. The first-order chi connectivity index (χ1) is 40.2. The summed E-state index contributed by atoms with van der Waals surface area (Å²) in [5.41, 5.74) is -2.81. The monoisotopic (exact) mass is 1190 g/mol. The number of aromatic nitrogens is 3. The van der Waals surface area contributed by atoms with Crippen molar-refractivity contribution in [1.29, 1.82) is 0 Å². The van der Waals surface area contributed by atoms with Gasteiger partial charge in [0, 0.05) is 79.0 Å². The average molecular weight is 1190 g/mol. The Labute approximate surface area is 489 Å². The van der Waals surface area contributed by atoms with Gasteiger partial charge in [-0.3, -0.25) is 14.4 Å². The highest BCUT2D eigenvalue weighted by Crippen LogP contribution is 2.53. The minimum absolute atomic E-state index is 0.00220. The summed E-state index contributed by atoms with van der Waals surface area (Å²) in [6.45, 7) is 8.53. The van der Waals surface area contributed by atoms with E-state index in [4.69, 9.17) is 42.8 Å². The molecule has 1 aliphatic heterocycles. The third-order valence-corrected chi connectivity index (χ3v) is 17.2. The lowest BCUT2D eigenvalue weighted by Crippen LogP contribution is -2.53. The number of benzene rings is 3. The normalized spacial score (nSPS) is 21.2. The minimum atomic E-state index is -2.43. The van der Waals surface area contributed by atoms with Crippen LogP contribution in [-0.2, 0) is 30.2 Å². The molecule has 2 fully saturated rings. The molecule has 444 valence electrons. The molecule has 10 rings (SSSR count). The van der Waals surface area contributed by atoms with Crippen molar-refractivity contribution >= 4 is 85.2 Å². The van der Waals surface area contributed by atoms with Crippen molar-refractivity contribution in [2.75, 3.05) is 69.5 Å². The number of carbonyl (C=O) groups excluding carboxylic acids is 6. The molecule has 0 bridgehead atoms. The molecule has 3 amide bonds. The Balaban J connectivity index is 0.729. The summed E-state index contributed by atoms with van der Waals surface area (Å²) in [4.78, 5) is 97.2. The van der Waals surface area contributed by atoms with E-state index >= 15 is 0 Å². The number of rotatable bonds is 17. The maximum Gasteiger partial charge on any atom is 0.412 e. The third kappa shape index (κ3) is 12.5. The zero-order valence-corrected chi connectivity index (χ0v) is 48.2. The van der Waals surface area contributed by atoms with E-state index in [0.29, 0.717) is 71.8 Å². The van der Waals surface area contributed by atoms with Crippen molar-refractivity contribution in [3.8, 4) is 34.4 Å². The molecule has 6 atom stereocenters. The Morgan fingerprint density at radius 3 is 2.35 bits per heavy atom. The average Bonchev–Trinajstić information content (AvgIpc) is 0.927. The lowest BCUT2D eigenvalue weighted by molar-refractivity contribution is -0.151. The van der Waals surface area contributed by atoms with Gasteiger partial charge in [0.05, 0.1) is 66.8 Å². The van der Waals surface area contributed by atoms with E-state index in [1.807, 2.05) is 18.2 Å². The highest BCUT2D eigenvalue weighted by Gasteiger charge is 2.51. The Morgan fingerprint density at radius 1 is 0.881 bits per heavy atom. The number of amides is 3. The molecule has 26 heteroatoms. The number of phenols is 2. The molecule has 4 aliphatic rings. The number of anilines is 1. The Bertz CT molecular complexity index is 3550. The standard InChI is InChI=1S/C58H63N7O17S2/c1-29-23-32(25-36(45(29)67)62-56(74)82-57(2,3)4)79-38-27-58(75,26-35-41(38)49(71)43-42(47(35)69)46(68)33-11-7-13-37(76-5)40(33)48(43)70)39(66)28-78-54(72)60-15-21-83-84-22-16-61-55(73)80-31-10-6-9-30(24-31)51-63-44-34-12-8-14-59-53(34)81-50(44)52(64-51)65-17-19-77-20-18-65/h6-14,24,29,32,36,38,45,67,69,71,75H,15-23,25-28H2,1-5H3,(H,60,72)(H,61,73)(H,62,74)/t29-,32?,36+,38?,45-,58+/m1/s1. The van der Waals surface area contributed by atoms with Crippen molar-refractivity contribution in [2.45, 2.75) is 88.9 Å². The molecule has 1 saturated heterocycles. The first-order valence-corrected chi connectivity index (χ1v) is 29.8. The number of ketones is 3. The van der Waals surface area contributed by atoms with Gasteiger partial charge in [-0.05, 0) is 69.9 Å². The second kappa shape index (κ2) is 24.8. The fourth-order valence-corrected chi connectivity index (χ4v) is 12.7. The molecule has 2 unspecified atom stereocenters. The molecule has 7 N–H and O–H groups in total. The number of morpholine rings is 1. The topological polar surface area (TPSA) is 330 Å². The minimum Gasteiger partial charge on any atom is -0.507 e. The van der Waals surface area contributed by atoms with Crippen molar-refractivity contribution in [3.05, 3.63) is 94.2 Å². The Kier molecular flexibility index (Phi) is 17.6. The predicted molar refractivity (Wildman–Crippen MR) is 307 cm³/mol. The molecule has 1 saturated carbocycles. The Hall–Kier alpha value is -7.75. The fraction of sp³-hybridized carbons (Fsp3) is 0.431. The van der Waals surface area contributed by atoms with Crippen LogP contribution in [0, 0.1) is 5.92 Å². The summed E-state index contributed by atoms with van der Waals surface area (Å²) in [6, 6.07) is 14.0. The van der Waals surface area contributed by atoms with Crippen LogP contribution in [0.15, 0.2) is 65.2 Å². The zero-order valence-electron chi connectivity index (χ0n) is 46.6. The van der Waals surface area contributed by atoms with Crippen LogP contribution in [0.25, 0.3) is 33.6 Å². The van der Waals surface area contributed by atoms with Gasteiger partial charge in [-0.15, -0.1) is 0 Å². The van der Waals surface area contributed by atoms with E-state index in [2.05, 4.69) is 25.8 Å². The number of furan rings is 1. The SMILES string of the molecule is COc1cccc2c1C(=O)c1c(O)c3c(c(O)c1C2=O)C[C@@](O)(C(=O)COC(=O)NCCSSCCNC(=O)Oc1cccc(-c2nc(N4CCOCC4)c4oc5ncccc5c4n2)c1)CC3OC1C[C@@H](C)[C@@H](O)[C@@H](NC(=O)OC(C)(C)C)C1. The summed E-state index contributed by atoms with van der Waals surface area (Å²) in [5, 5.41) is 56.2.